The van der Waals surface area contributed by atoms with Gasteiger partial charge in [0.15, 0.2) is 0 Å². The Hall–Kier alpha value is -0.920. The molecule has 92 valence electrons. The van der Waals surface area contributed by atoms with Crippen LogP contribution in [0.5, 0.6) is 0 Å². The van der Waals surface area contributed by atoms with E-state index >= 15 is 0 Å². The van der Waals surface area contributed by atoms with Gasteiger partial charge in [0.25, 0.3) is 10.0 Å². The number of nitrogens with one attached hydrogen (secondary N) is 1. The number of rotatable bonds is 4. The van der Waals surface area contributed by atoms with Gasteiger partial charge in [0.05, 0.1) is 0 Å². The minimum Gasteiger partial charge on any atom is -0.326 e. The Balaban J connectivity index is 0.00000225. The molecular formula is C8H11ClF2N2O2S. The zero-order valence-electron chi connectivity index (χ0n) is 8.06. The van der Waals surface area contributed by atoms with E-state index in [9.17, 15) is 17.2 Å². The van der Waals surface area contributed by atoms with Gasteiger partial charge in [-0.1, -0.05) is 12.1 Å². The summed E-state index contributed by atoms with van der Waals surface area (Å²) in [6.45, 7) is 0.307. The molecule has 0 saturated heterocycles. The molecule has 4 nitrogen and oxygen atoms in total. The van der Waals surface area contributed by atoms with Gasteiger partial charge in [0.1, 0.15) is 0 Å². The molecule has 0 unspecified atom stereocenters. The fourth-order valence-electron chi connectivity index (χ4n) is 0.918. The fraction of sp³-hybridized carbons (Fsp3) is 0.250. The quantitative estimate of drug-likeness (QED) is 0.873. The number of alkyl halides is 2. The molecule has 8 heteroatoms. The van der Waals surface area contributed by atoms with Gasteiger partial charge in [-0.2, -0.15) is 8.78 Å². The summed E-state index contributed by atoms with van der Waals surface area (Å²) in [6, 6.07) is 5.87. The largest absolute Gasteiger partial charge is 0.355 e. The molecule has 0 aromatic heterocycles. The Kier molecular flexibility index (Phi) is 5.63. The second kappa shape index (κ2) is 5.97. The van der Waals surface area contributed by atoms with Gasteiger partial charge < -0.3 is 5.73 Å². The second-order valence-corrected chi connectivity index (χ2v) is 4.46. The molecule has 0 atom stereocenters. The molecule has 0 saturated carbocycles. The third-order valence-corrected chi connectivity index (χ3v) is 2.67. The van der Waals surface area contributed by atoms with Crippen molar-refractivity contribution in [3.63, 3.8) is 0 Å². The van der Waals surface area contributed by atoms with Gasteiger partial charge in [-0.25, -0.2) is 8.42 Å². The highest BCUT2D eigenvalue weighted by atomic mass is 35.5. The van der Waals surface area contributed by atoms with Crippen LogP contribution in [-0.2, 0) is 16.6 Å². The fourth-order valence-corrected chi connectivity index (χ4v) is 1.47. The van der Waals surface area contributed by atoms with E-state index in [1.807, 2.05) is 0 Å². The monoisotopic (exact) mass is 272 g/mol. The minimum atomic E-state index is -4.59. The van der Waals surface area contributed by atoms with Gasteiger partial charge in [-0.3, -0.25) is 4.72 Å². The van der Waals surface area contributed by atoms with Crippen molar-refractivity contribution in [1.82, 2.24) is 0 Å². The summed E-state index contributed by atoms with van der Waals surface area (Å²) >= 11 is 0. The van der Waals surface area contributed by atoms with Crippen molar-refractivity contribution >= 4 is 28.1 Å². The maximum Gasteiger partial charge on any atom is 0.355 e. The van der Waals surface area contributed by atoms with Crippen LogP contribution in [0.25, 0.3) is 0 Å². The van der Waals surface area contributed by atoms with Crippen molar-refractivity contribution in [2.75, 3.05) is 4.72 Å². The summed E-state index contributed by atoms with van der Waals surface area (Å²) in [5.74, 6) is -3.44. The number of sulfonamides is 1. The van der Waals surface area contributed by atoms with Gasteiger partial charge in [0.2, 0.25) is 0 Å². The molecule has 1 aromatic carbocycles. The Morgan fingerprint density at radius 3 is 2.12 bits per heavy atom. The molecule has 0 spiro atoms. The van der Waals surface area contributed by atoms with Crippen molar-refractivity contribution in [2.45, 2.75) is 12.3 Å². The van der Waals surface area contributed by atoms with Crippen LogP contribution in [0.1, 0.15) is 5.56 Å². The first-order valence-electron chi connectivity index (χ1n) is 4.04. The molecule has 16 heavy (non-hydrogen) atoms. The molecule has 0 aliphatic rings. The minimum absolute atomic E-state index is 0. The van der Waals surface area contributed by atoms with Crippen molar-refractivity contribution in [3.8, 4) is 0 Å². The summed E-state index contributed by atoms with van der Waals surface area (Å²) in [7, 11) is -4.59. The molecule has 0 bridgehead atoms. The smallest absolute Gasteiger partial charge is 0.326 e. The standard InChI is InChI=1S/C8H10F2N2O2S.ClH/c9-8(10)15(13,14)12-7-3-1-6(5-11)2-4-7;/h1-4,8,12H,5,11H2;1H. The Labute approximate surface area is 98.3 Å². The predicted octanol–water partition coefficient (Wildman–Crippen LogP) is 1.53. The molecule has 0 fully saturated rings. The molecule has 0 aliphatic heterocycles. The highest BCUT2D eigenvalue weighted by Crippen LogP contribution is 2.14. The third-order valence-electron chi connectivity index (χ3n) is 1.68. The van der Waals surface area contributed by atoms with Crippen LogP contribution in [0, 0.1) is 0 Å². The van der Waals surface area contributed by atoms with Crippen molar-refractivity contribution in [3.05, 3.63) is 29.8 Å². The molecule has 0 aliphatic carbocycles. The number of halogens is 3. The maximum atomic E-state index is 12.0. The zero-order valence-corrected chi connectivity index (χ0v) is 9.69. The third kappa shape index (κ3) is 3.92. The average molecular weight is 273 g/mol. The molecule has 3 N–H and O–H groups in total. The number of anilines is 1. The average Bonchev–Trinajstić information content (AvgIpc) is 2.18. The van der Waals surface area contributed by atoms with Crippen molar-refractivity contribution < 1.29 is 17.2 Å². The maximum absolute atomic E-state index is 12.0. The highest BCUT2D eigenvalue weighted by molar-refractivity contribution is 7.93. The Morgan fingerprint density at radius 2 is 1.75 bits per heavy atom. The zero-order chi connectivity index (χ0) is 11.5. The lowest BCUT2D eigenvalue weighted by Gasteiger charge is -2.06. The molecule has 0 radical (unpaired) electrons. The Morgan fingerprint density at radius 1 is 1.25 bits per heavy atom. The predicted molar refractivity (Wildman–Crippen MR) is 60.1 cm³/mol. The number of benzene rings is 1. The van der Waals surface area contributed by atoms with E-state index in [1.165, 1.54) is 12.1 Å². The summed E-state index contributed by atoms with van der Waals surface area (Å²) in [6.07, 6.45) is 0. The topological polar surface area (TPSA) is 72.2 Å². The lowest BCUT2D eigenvalue weighted by atomic mass is 10.2. The van der Waals surface area contributed by atoms with E-state index in [0.717, 1.165) is 5.56 Å². The SMILES string of the molecule is Cl.NCc1ccc(NS(=O)(=O)C(F)F)cc1. The van der Waals surface area contributed by atoms with E-state index in [1.54, 1.807) is 16.9 Å². The molecule has 0 heterocycles. The lowest BCUT2D eigenvalue weighted by molar-refractivity contribution is 0.236. The summed E-state index contributed by atoms with van der Waals surface area (Å²) in [5.41, 5.74) is 6.19. The molecular weight excluding hydrogens is 262 g/mol. The van der Waals surface area contributed by atoms with Crippen LogP contribution in [0.15, 0.2) is 24.3 Å². The first-order chi connectivity index (χ1) is 6.95. The molecule has 1 aromatic rings. The van der Waals surface area contributed by atoms with Gasteiger partial charge in [-0.15, -0.1) is 12.4 Å². The van der Waals surface area contributed by atoms with Gasteiger partial charge in [-0.05, 0) is 17.7 Å². The highest BCUT2D eigenvalue weighted by Gasteiger charge is 2.23. The molecule has 0 amide bonds. The van der Waals surface area contributed by atoms with Gasteiger partial charge >= 0.3 is 5.76 Å². The summed E-state index contributed by atoms with van der Waals surface area (Å²) in [4.78, 5) is 0. The van der Waals surface area contributed by atoms with Crippen LogP contribution < -0.4 is 10.5 Å². The van der Waals surface area contributed by atoms with Crippen molar-refractivity contribution in [2.24, 2.45) is 5.73 Å². The van der Waals surface area contributed by atoms with Crippen LogP contribution in [-0.4, -0.2) is 14.2 Å². The molecule has 1 rings (SSSR count). The number of hydrogen-bond acceptors (Lipinski definition) is 3. The normalized spacial score (nSPS) is 11.0. The Bertz CT molecular complexity index is 422. The summed E-state index contributed by atoms with van der Waals surface area (Å²) < 4.78 is 47.2. The van der Waals surface area contributed by atoms with Gasteiger partial charge in [0, 0.05) is 12.2 Å². The summed E-state index contributed by atoms with van der Waals surface area (Å²) in [5, 5.41) is 0. The van der Waals surface area contributed by atoms with E-state index < -0.39 is 15.8 Å². The van der Waals surface area contributed by atoms with Crippen LogP contribution in [0.3, 0.4) is 0 Å². The van der Waals surface area contributed by atoms with E-state index in [0.29, 0.717) is 6.54 Å². The van der Waals surface area contributed by atoms with Crippen LogP contribution in [0.4, 0.5) is 14.5 Å². The first kappa shape index (κ1) is 15.1. The second-order valence-electron chi connectivity index (χ2n) is 2.81. The van der Waals surface area contributed by atoms with Crippen LogP contribution >= 0.6 is 12.4 Å². The van der Waals surface area contributed by atoms with E-state index in [4.69, 9.17) is 5.73 Å². The van der Waals surface area contributed by atoms with Crippen LogP contribution in [0.2, 0.25) is 0 Å². The van der Waals surface area contributed by atoms with E-state index in [2.05, 4.69) is 0 Å². The number of hydrogen-bond donors (Lipinski definition) is 2. The first-order valence-corrected chi connectivity index (χ1v) is 5.59. The van der Waals surface area contributed by atoms with Crippen molar-refractivity contribution in [1.29, 1.82) is 0 Å². The lowest BCUT2D eigenvalue weighted by Crippen LogP contribution is -2.20. The van der Waals surface area contributed by atoms with E-state index in [-0.39, 0.29) is 18.1 Å². The number of nitrogens with two attached hydrogens (primary N) is 1.